The molecule has 0 saturated carbocycles. The molecule has 33 heavy (non-hydrogen) atoms. The maximum absolute atomic E-state index is 13.6. The van der Waals surface area contributed by atoms with Crippen molar-refractivity contribution >= 4 is 57.1 Å². The molecule has 2 aromatic carbocycles. The van der Waals surface area contributed by atoms with Crippen LogP contribution in [0, 0.1) is 6.92 Å². The molecule has 7 nitrogen and oxygen atoms in total. The first-order chi connectivity index (χ1) is 15.9. The van der Waals surface area contributed by atoms with Crippen LogP contribution in [-0.2, 0) is 6.54 Å². The fraction of sp³-hybridized carbons (Fsp3) is 0.130. The summed E-state index contributed by atoms with van der Waals surface area (Å²) in [5.74, 6) is 1.01. The summed E-state index contributed by atoms with van der Waals surface area (Å²) >= 11 is 13.5. The fourth-order valence-corrected chi connectivity index (χ4v) is 4.38. The second kappa shape index (κ2) is 10.2. The molecule has 4 rings (SSSR count). The SMILES string of the molecule is COc1ccc(CN(C(=O)c2cnc(Nc3ccc(Cl)nn3)s2)c2c(C)cccc2Cl)cc1. The molecule has 1 amide bonds. The molecule has 0 atom stereocenters. The van der Waals surface area contributed by atoms with Gasteiger partial charge in [0.25, 0.3) is 5.91 Å². The van der Waals surface area contributed by atoms with Gasteiger partial charge in [-0.1, -0.05) is 58.8 Å². The van der Waals surface area contributed by atoms with Gasteiger partial charge in [0.05, 0.1) is 30.6 Å². The summed E-state index contributed by atoms with van der Waals surface area (Å²) in [4.78, 5) is 20.1. The summed E-state index contributed by atoms with van der Waals surface area (Å²) < 4.78 is 5.24. The molecule has 0 aliphatic rings. The van der Waals surface area contributed by atoms with Crippen molar-refractivity contribution in [3.63, 3.8) is 0 Å². The van der Waals surface area contributed by atoms with E-state index in [1.54, 1.807) is 30.2 Å². The smallest absolute Gasteiger partial charge is 0.270 e. The minimum absolute atomic E-state index is 0.213. The predicted molar refractivity (Wildman–Crippen MR) is 132 cm³/mol. The van der Waals surface area contributed by atoms with Crippen molar-refractivity contribution < 1.29 is 9.53 Å². The lowest BCUT2D eigenvalue weighted by molar-refractivity contribution is 0.0988. The van der Waals surface area contributed by atoms with Gasteiger partial charge in [0.15, 0.2) is 16.1 Å². The third-order valence-corrected chi connectivity index (χ3v) is 6.19. The molecular formula is C23H19Cl2N5O2S. The van der Waals surface area contributed by atoms with Crippen LogP contribution in [0.1, 0.15) is 20.8 Å². The van der Waals surface area contributed by atoms with Crippen LogP contribution in [0.15, 0.2) is 60.8 Å². The van der Waals surface area contributed by atoms with E-state index in [9.17, 15) is 4.79 Å². The zero-order valence-corrected chi connectivity index (χ0v) is 20.1. The average Bonchev–Trinajstić information content (AvgIpc) is 3.28. The van der Waals surface area contributed by atoms with Crippen LogP contribution < -0.4 is 15.0 Å². The van der Waals surface area contributed by atoms with Crippen molar-refractivity contribution in [1.29, 1.82) is 0 Å². The number of aryl methyl sites for hydroxylation is 1. The van der Waals surface area contributed by atoms with Crippen molar-refractivity contribution in [2.24, 2.45) is 0 Å². The van der Waals surface area contributed by atoms with Crippen molar-refractivity contribution in [2.75, 3.05) is 17.3 Å². The second-order valence-electron chi connectivity index (χ2n) is 7.04. The normalized spacial score (nSPS) is 10.7. The number of hydrogen-bond acceptors (Lipinski definition) is 7. The van der Waals surface area contributed by atoms with Crippen molar-refractivity contribution in [3.8, 4) is 5.75 Å². The number of methoxy groups -OCH3 is 1. The van der Waals surface area contributed by atoms with E-state index in [2.05, 4.69) is 20.5 Å². The summed E-state index contributed by atoms with van der Waals surface area (Å²) in [5.41, 5.74) is 2.48. The van der Waals surface area contributed by atoms with E-state index in [-0.39, 0.29) is 5.91 Å². The highest BCUT2D eigenvalue weighted by atomic mass is 35.5. The lowest BCUT2D eigenvalue weighted by Crippen LogP contribution is -2.30. The molecule has 0 saturated heterocycles. The van der Waals surface area contributed by atoms with Gasteiger partial charge in [-0.05, 0) is 48.4 Å². The number of halogens is 2. The lowest BCUT2D eigenvalue weighted by atomic mass is 10.1. The van der Waals surface area contributed by atoms with Gasteiger partial charge in [-0.25, -0.2) is 4.98 Å². The Morgan fingerprint density at radius 2 is 1.88 bits per heavy atom. The topological polar surface area (TPSA) is 80.2 Å². The van der Waals surface area contributed by atoms with Crippen LogP contribution in [-0.4, -0.2) is 28.2 Å². The number of para-hydroxylation sites is 1. The maximum atomic E-state index is 13.6. The summed E-state index contributed by atoms with van der Waals surface area (Å²) in [7, 11) is 1.61. The van der Waals surface area contributed by atoms with Crippen LogP contribution in [0.4, 0.5) is 16.6 Å². The molecule has 2 aromatic heterocycles. The van der Waals surface area contributed by atoms with E-state index in [0.29, 0.717) is 38.2 Å². The molecular weight excluding hydrogens is 481 g/mol. The van der Waals surface area contributed by atoms with Gasteiger partial charge < -0.3 is 15.0 Å². The van der Waals surface area contributed by atoms with Crippen LogP contribution in [0.5, 0.6) is 5.75 Å². The Kier molecular flexibility index (Phi) is 7.08. The van der Waals surface area contributed by atoms with Crippen LogP contribution >= 0.6 is 34.5 Å². The van der Waals surface area contributed by atoms with E-state index in [1.807, 2.05) is 43.3 Å². The Labute approximate surface area is 205 Å². The largest absolute Gasteiger partial charge is 0.497 e. The number of rotatable bonds is 7. The Morgan fingerprint density at radius 1 is 1.09 bits per heavy atom. The van der Waals surface area contributed by atoms with Crippen LogP contribution in [0.3, 0.4) is 0 Å². The molecule has 0 bridgehead atoms. The summed E-state index contributed by atoms with van der Waals surface area (Å²) in [6.07, 6.45) is 1.53. The number of carbonyl (C=O) groups is 1. The molecule has 0 aliphatic heterocycles. The summed E-state index contributed by atoms with van der Waals surface area (Å²) in [6, 6.07) is 16.4. The van der Waals surface area contributed by atoms with Crippen LogP contribution in [0.2, 0.25) is 10.2 Å². The maximum Gasteiger partial charge on any atom is 0.270 e. The van der Waals surface area contributed by atoms with Gasteiger partial charge in [-0.3, -0.25) is 4.79 Å². The van der Waals surface area contributed by atoms with Gasteiger partial charge in [0, 0.05) is 0 Å². The number of nitrogens with zero attached hydrogens (tertiary/aromatic N) is 4. The van der Waals surface area contributed by atoms with E-state index >= 15 is 0 Å². The van der Waals surface area contributed by atoms with Gasteiger partial charge >= 0.3 is 0 Å². The van der Waals surface area contributed by atoms with E-state index in [4.69, 9.17) is 27.9 Å². The zero-order valence-electron chi connectivity index (χ0n) is 17.8. The molecule has 1 N–H and O–H groups in total. The van der Waals surface area contributed by atoms with Gasteiger partial charge in [0.1, 0.15) is 10.6 Å². The minimum atomic E-state index is -0.213. The number of aromatic nitrogens is 3. The highest BCUT2D eigenvalue weighted by molar-refractivity contribution is 7.17. The molecule has 4 aromatic rings. The molecule has 0 radical (unpaired) electrons. The van der Waals surface area contributed by atoms with Crippen molar-refractivity contribution in [3.05, 3.63) is 87.0 Å². The standard InChI is InChI=1S/C23H19Cl2N5O2S/c1-14-4-3-5-17(24)21(14)30(13-15-6-8-16(32-2)9-7-15)22(31)18-12-26-23(33-18)27-20-11-10-19(25)28-29-20/h3-12H,13H2,1-2H3,(H,26,27,29). The molecule has 2 heterocycles. The number of amides is 1. The second-order valence-corrected chi connectivity index (χ2v) is 8.87. The molecule has 10 heteroatoms. The molecule has 0 fully saturated rings. The zero-order chi connectivity index (χ0) is 23.4. The number of anilines is 3. The first-order valence-electron chi connectivity index (χ1n) is 9.86. The van der Waals surface area contributed by atoms with E-state index in [1.165, 1.54) is 17.5 Å². The highest BCUT2D eigenvalue weighted by Crippen LogP contribution is 2.33. The van der Waals surface area contributed by atoms with Crippen molar-refractivity contribution in [1.82, 2.24) is 15.2 Å². The first kappa shape index (κ1) is 23.0. The van der Waals surface area contributed by atoms with Gasteiger partial charge in [-0.15, -0.1) is 10.2 Å². The minimum Gasteiger partial charge on any atom is -0.497 e. The Morgan fingerprint density at radius 3 is 2.55 bits per heavy atom. The van der Waals surface area contributed by atoms with E-state index in [0.717, 1.165) is 16.9 Å². The van der Waals surface area contributed by atoms with Crippen LogP contribution in [0.25, 0.3) is 0 Å². The summed E-state index contributed by atoms with van der Waals surface area (Å²) in [5, 5.41) is 12.1. The Balaban J connectivity index is 1.64. The number of nitrogens with one attached hydrogen (secondary N) is 1. The van der Waals surface area contributed by atoms with Gasteiger partial charge in [0.2, 0.25) is 0 Å². The number of carbonyl (C=O) groups excluding carboxylic acids is 1. The fourth-order valence-electron chi connectivity index (χ4n) is 3.19. The third-order valence-electron chi connectivity index (χ3n) is 4.79. The monoisotopic (exact) mass is 499 g/mol. The number of ether oxygens (including phenoxy) is 1. The number of hydrogen-bond donors (Lipinski definition) is 1. The molecule has 0 unspecified atom stereocenters. The Bertz CT molecular complexity index is 1240. The van der Waals surface area contributed by atoms with E-state index < -0.39 is 0 Å². The quantitative estimate of drug-likeness (QED) is 0.328. The molecule has 0 aliphatic carbocycles. The summed E-state index contributed by atoms with van der Waals surface area (Å²) in [6.45, 7) is 2.26. The average molecular weight is 500 g/mol. The molecule has 0 spiro atoms. The predicted octanol–water partition coefficient (Wildman–Crippen LogP) is 6.15. The number of benzene rings is 2. The Hall–Kier alpha value is -3.20. The number of thiazole rings is 1. The lowest BCUT2D eigenvalue weighted by Gasteiger charge is -2.25. The van der Waals surface area contributed by atoms with Gasteiger partial charge in [-0.2, -0.15) is 0 Å². The third kappa shape index (κ3) is 5.42. The van der Waals surface area contributed by atoms with Crippen molar-refractivity contribution in [2.45, 2.75) is 13.5 Å². The molecule has 168 valence electrons. The highest BCUT2D eigenvalue weighted by Gasteiger charge is 2.24. The first-order valence-corrected chi connectivity index (χ1v) is 11.4.